The van der Waals surface area contributed by atoms with E-state index in [1.807, 2.05) is 63.4 Å². The number of hydrogen-bond donors (Lipinski definition) is 2. The molecule has 2 aliphatic heterocycles. The quantitative estimate of drug-likeness (QED) is 0.411. The highest BCUT2D eigenvalue weighted by atomic mass is 16.5. The van der Waals surface area contributed by atoms with Crippen molar-refractivity contribution >= 4 is 17.8 Å². The molecule has 0 aromatic heterocycles. The van der Waals surface area contributed by atoms with Crippen LogP contribution >= 0.6 is 0 Å². The number of carbonyl (C=O) groups is 2. The zero-order chi connectivity index (χ0) is 26.7. The highest BCUT2D eigenvalue weighted by Gasteiger charge is 2.38. The molecule has 198 valence electrons. The first-order valence-electron chi connectivity index (χ1n) is 13.5. The van der Waals surface area contributed by atoms with Gasteiger partial charge in [-0.3, -0.25) is 9.59 Å². The summed E-state index contributed by atoms with van der Waals surface area (Å²) in [4.78, 5) is 26.4. The molecule has 3 aliphatic rings. The molecule has 1 aromatic carbocycles. The van der Waals surface area contributed by atoms with Crippen molar-refractivity contribution < 1.29 is 14.3 Å². The third kappa shape index (κ3) is 6.98. The van der Waals surface area contributed by atoms with Gasteiger partial charge >= 0.3 is 0 Å². The van der Waals surface area contributed by atoms with Crippen LogP contribution in [-0.4, -0.2) is 62.5 Å². The predicted molar refractivity (Wildman–Crippen MR) is 151 cm³/mol. The Kier molecular flexibility index (Phi) is 10.7. The first-order valence-corrected chi connectivity index (χ1v) is 13.5. The van der Waals surface area contributed by atoms with Crippen molar-refractivity contribution in [2.24, 2.45) is 0 Å². The molecule has 0 atom stereocenters. The largest absolute Gasteiger partial charge is 0.482 e. The van der Waals surface area contributed by atoms with E-state index in [2.05, 4.69) is 29.4 Å². The number of ether oxygens (including phenoxy) is 1. The smallest absolute Gasteiger partial charge is 0.261 e. The van der Waals surface area contributed by atoms with E-state index in [4.69, 9.17) is 4.74 Å². The lowest BCUT2D eigenvalue weighted by molar-refractivity contribution is -0.126. The number of piperidine rings is 1. The summed E-state index contributed by atoms with van der Waals surface area (Å²) in [6.07, 6.45) is 14.5. The Balaban J connectivity index is 0.000000695. The zero-order valence-corrected chi connectivity index (χ0v) is 22.7. The Morgan fingerprint density at radius 3 is 2.59 bits per heavy atom. The number of aldehydes is 1. The van der Waals surface area contributed by atoms with Crippen LogP contribution < -0.4 is 15.4 Å². The van der Waals surface area contributed by atoms with Gasteiger partial charge in [-0.1, -0.05) is 31.2 Å². The molecule has 6 nitrogen and oxygen atoms in total. The Morgan fingerprint density at radius 1 is 1.22 bits per heavy atom. The van der Waals surface area contributed by atoms with Crippen molar-refractivity contribution in [2.75, 3.05) is 39.8 Å². The number of benzene rings is 1. The molecule has 0 unspecified atom stereocenters. The molecule has 37 heavy (non-hydrogen) atoms. The number of nitrogens with zero attached hydrogens (tertiary/aromatic N) is 1. The Bertz CT molecular complexity index is 1110. The van der Waals surface area contributed by atoms with Crippen LogP contribution in [0.3, 0.4) is 0 Å². The van der Waals surface area contributed by atoms with Crippen molar-refractivity contribution in [3.63, 3.8) is 0 Å². The van der Waals surface area contributed by atoms with E-state index in [-0.39, 0.29) is 11.5 Å². The third-order valence-electron chi connectivity index (χ3n) is 6.90. The lowest BCUT2D eigenvalue weighted by atomic mass is 9.81. The summed E-state index contributed by atoms with van der Waals surface area (Å²) in [5.74, 6) is 0.754. The van der Waals surface area contributed by atoms with Crippen LogP contribution in [0.15, 0.2) is 65.5 Å². The fourth-order valence-corrected chi connectivity index (χ4v) is 4.87. The van der Waals surface area contributed by atoms with Crippen LogP contribution in [0.25, 0.3) is 5.57 Å². The van der Waals surface area contributed by atoms with Gasteiger partial charge in [0.1, 0.15) is 11.4 Å². The fraction of sp³-hybridized carbons (Fsp3) is 0.452. The first-order chi connectivity index (χ1) is 18.0. The second kappa shape index (κ2) is 13.9. The lowest BCUT2D eigenvalue weighted by Gasteiger charge is -2.40. The maximum Gasteiger partial charge on any atom is 0.261 e. The number of nitrogens with one attached hydrogen (secondary N) is 2. The fourth-order valence-electron chi connectivity index (χ4n) is 4.87. The molecule has 1 aromatic rings. The minimum absolute atomic E-state index is 0.00752. The van der Waals surface area contributed by atoms with Gasteiger partial charge in [0.15, 0.2) is 6.29 Å². The summed E-state index contributed by atoms with van der Waals surface area (Å²) >= 11 is 0. The SMILES string of the molecule is CCCNC.CCN(CC)C(=O)C1=C=C/C=C(/C2=CC3(CCNCC3)Oc3cccc(C=O)c32)C/C=C\1. The third-order valence-corrected chi connectivity index (χ3v) is 6.90. The average Bonchev–Trinajstić information content (AvgIpc) is 2.90. The maximum absolute atomic E-state index is 12.7. The second-order valence-electron chi connectivity index (χ2n) is 9.42. The van der Waals surface area contributed by atoms with E-state index in [1.165, 1.54) is 6.42 Å². The van der Waals surface area contributed by atoms with Gasteiger partial charge in [-0.15, -0.1) is 5.73 Å². The number of rotatable bonds is 7. The molecule has 0 radical (unpaired) electrons. The molecule has 1 aliphatic carbocycles. The number of likely N-dealkylation sites (N-methyl/N-ethyl adjacent to an activating group) is 1. The van der Waals surface area contributed by atoms with Crippen molar-refractivity contribution in [2.45, 2.75) is 52.1 Å². The molecule has 2 N–H and O–H groups in total. The summed E-state index contributed by atoms with van der Waals surface area (Å²) in [5, 5.41) is 6.42. The molecule has 1 amide bonds. The van der Waals surface area contributed by atoms with Gasteiger partial charge in [0.05, 0.1) is 5.57 Å². The van der Waals surface area contributed by atoms with Crippen LogP contribution in [-0.2, 0) is 4.79 Å². The topological polar surface area (TPSA) is 70.7 Å². The van der Waals surface area contributed by atoms with Crippen molar-refractivity contribution in [3.05, 3.63) is 76.6 Å². The van der Waals surface area contributed by atoms with Gasteiger partial charge < -0.3 is 20.3 Å². The highest BCUT2D eigenvalue weighted by molar-refractivity contribution is 5.97. The molecule has 1 saturated heterocycles. The van der Waals surface area contributed by atoms with Crippen LogP contribution in [0.5, 0.6) is 5.75 Å². The normalized spacial score (nSPS) is 19.8. The molecule has 0 saturated carbocycles. The number of fused-ring (bicyclic) bond motifs is 1. The molecule has 1 fully saturated rings. The van der Waals surface area contributed by atoms with E-state index in [9.17, 15) is 9.59 Å². The summed E-state index contributed by atoms with van der Waals surface area (Å²) in [5.41, 5.74) is 6.96. The number of allylic oxidation sites excluding steroid dienone is 4. The Hall–Kier alpha value is -3.18. The molecule has 0 bridgehead atoms. The monoisotopic (exact) mass is 503 g/mol. The van der Waals surface area contributed by atoms with Gasteiger partial charge in [0.25, 0.3) is 5.91 Å². The summed E-state index contributed by atoms with van der Waals surface area (Å²) in [6, 6.07) is 5.66. The van der Waals surface area contributed by atoms with Crippen LogP contribution in [0.4, 0.5) is 0 Å². The summed E-state index contributed by atoms with van der Waals surface area (Å²) in [6.45, 7) is 10.4. The average molecular weight is 504 g/mol. The zero-order valence-electron chi connectivity index (χ0n) is 22.7. The van der Waals surface area contributed by atoms with Gasteiger partial charge in [0, 0.05) is 37.1 Å². The van der Waals surface area contributed by atoms with Gasteiger partial charge in [-0.25, -0.2) is 0 Å². The van der Waals surface area contributed by atoms with E-state index in [1.54, 1.807) is 4.90 Å². The van der Waals surface area contributed by atoms with Gasteiger partial charge in [0.2, 0.25) is 0 Å². The van der Waals surface area contributed by atoms with E-state index < -0.39 is 0 Å². The van der Waals surface area contributed by atoms with Crippen LogP contribution in [0.2, 0.25) is 0 Å². The minimum atomic E-state index is -0.370. The first kappa shape index (κ1) is 28.4. The number of carbonyl (C=O) groups excluding carboxylic acids is 2. The molecular weight excluding hydrogens is 462 g/mol. The van der Waals surface area contributed by atoms with E-state index >= 15 is 0 Å². The number of hydrogen-bond acceptors (Lipinski definition) is 5. The minimum Gasteiger partial charge on any atom is -0.482 e. The second-order valence-corrected chi connectivity index (χ2v) is 9.42. The standard InChI is InChI=1S/C27H30N2O3.C4H11N/c1-3-29(4-2)26(31)21-10-5-8-20(9-6-11-21)23-18-27(14-16-28-17-15-27)32-24-13-7-12-22(19-30)25(23)24;1-3-4-5-2/h5-8,11-13,18-19,28H,3-4,9,14-17H2,1-2H3;5H,3-4H2,1-2H3/b11-6-,20-8+;. The summed E-state index contributed by atoms with van der Waals surface area (Å²) < 4.78 is 6.48. The van der Waals surface area contributed by atoms with Gasteiger partial charge in [-0.05, 0) is 88.8 Å². The van der Waals surface area contributed by atoms with Crippen molar-refractivity contribution in [1.29, 1.82) is 0 Å². The summed E-state index contributed by atoms with van der Waals surface area (Å²) in [7, 11) is 1.96. The Labute approximate surface area is 221 Å². The molecule has 4 rings (SSSR count). The maximum atomic E-state index is 12.7. The van der Waals surface area contributed by atoms with Crippen molar-refractivity contribution in [1.82, 2.24) is 15.5 Å². The number of amides is 1. The highest BCUT2D eigenvalue weighted by Crippen LogP contribution is 2.44. The predicted octanol–water partition coefficient (Wildman–Crippen LogP) is 4.85. The molecular formula is C31H41N3O3. The van der Waals surface area contributed by atoms with Crippen molar-refractivity contribution in [3.8, 4) is 5.75 Å². The van der Waals surface area contributed by atoms with Gasteiger partial charge in [-0.2, -0.15) is 0 Å². The lowest BCUT2D eigenvalue weighted by Crippen LogP contribution is -2.46. The van der Waals surface area contributed by atoms with E-state index in [0.29, 0.717) is 30.6 Å². The molecule has 2 heterocycles. The van der Waals surface area contributed by atoms with E-state index in [0.717, 1.165) is 61.2 Å². The molecule has 1 spiro atoms. The van der Waals surface area contributed by atoms with Crippen LogP contribution in [0.1, 0.15) is 62.4 Å². The van der Waals surface area contributed by atoms with Crippen LogP contribution in [0, 0.1) is 0 Å². The Morgan fingerprint density at radius 2 is 1.97 bits per heavy atom. The molecule has 6 heteroatoms.